The fourth-order valence-corrected chi connectivity index (χ4v) is 6.12. The van der Waals surface area contributed by atoms with Crippen LogP contribution >= 0.6 is 11.6 Å². The van der Waals surface area contributed by atoms with Crippen molar-refractivity contribution in [2.24, 2.45) is 0 Å². The molecule has 1 heterocycles. The molecule has 0 saturated carbocycles. The minimum Gasteiger partial charge on any atom is -0.468 e. The van der Waals surface area contributed by atoms with Crippen LogP contribution in [0.5, 0.6) is 0 Å². The molecule has 1 unspecified atom stereocenters. The van der Waals surface area contributed by atoms with Crippen LogP contribution in [0.4, 0.5) is 4.39 Å². The van der Waals surface area contributed by atoms with Gasteiger partial charge in [0.1, 0.15) is 11.9 Å². The zero-order valence-electron chi connectivity index (χ0n) is 16.7. The number of methoxy groups -OCH3 is 1. The van der Waals surface area contributed by atoms with E-state index in [0.29, 0.717) is 23.1 Å². The number of carbonyl (C=O) groups is 1. The van der Waals surface area contributed by atoms with Crippen LogP contribution in [0, 0.1) is 19.7 Å². The Hall–Kier alpha value is -1.96. The van der Waals surface area contributed by atoms with Gasteiger partial charge in [-0.25, -0.2) is 12.8 Å². The van der Waals surface area contributed by atoms with Crippen LogP contribution in [0.1, 0.15) is 35.1 Å². The molecule has 1 aliphatic rings. The normalized spacial score (nSPS) is 18.0. The SMILES string of the molecule is COC(=O)[C@H](C(C)c1c(F)ccc(C)c1C)N1CCc2ccc(Cl)cc2S1(=O)=O. The van der Waals surface area contributed by atoms with Crippen LogP contribution in [0.25, 0.3) is 0 Å². The third kappa shape index (κ3) is 3.79. The smallest absolute Gasteiger partial charge is 0.324 e. The van der Waals surface area contributed by atoms with Gasteiger partial charge in [0, 0.05) is 17.5 Å². The van der Waals surface area contributed by atoms with Crippen LogP contribution in [-0.4, -0.2) is 38.4 Å². The number of ether oxygens (including phenoxy) is 1. The summed E-state index contributed by atoms with van der Waals surface area (Å²) in [6.45, 7) is 5.34. The molecule has 2 aromatic carbocycles. The molecule has 0 fully saturated rings. The van der Waals surface area contributed by atoms with Crippen molar-refractivity contribution in [2.75, 3.05) is 13.7 Å². The summed E-state index contributed by atoms with van der Waals surface area (Å²) in [5, 5.41) is 0.289. The Labute approximate surface area is 175 Å². The molecule has 8 heteroatoms. The molecular weight excluding hydrogens is 417 g/mol. The summed E-state index contributed by atoms with van der Waals surface area (Å²) in [6, 6.07) is 6.49. The largest absolute Gasteiger partial charge is 0.468 e. The van der Waals surface area contributed by atoms with Crippen LogP contribution < -0.4 is 0 Å². The van der Waals surface area contributed by atoms with Crippen molar-refractivity contribution in [3.8, 4) is 0 Å². The maximum absolute atomic E-state index is 14.7. The van der Waals surface area contributed by atoms with Gasteiger partial charge in [-0.05, 0) is 60.7 Å². The molecule has 2 atom stereocenters. The van der Waals surface area contributed by atoms with E-state index in [1.54, 1.807) is 32.0 Å². The van der Waals surface area contributed by atoms with Crippen molar-refractivity contribution in [1.82, 2.24) is 4.31 Å². The average Bonchev–Trinajstić information content (AvgIpc) is 2.67. The number of hydrogen-bond acceptors (Lipinski definition) is 4. The first-order valence-corrected chi connectivity index (χ1v) is 11.0. The Morgan fingerprint density at radius 1 is 1.24 bits per heavy atom. The molecule has 1 aliphatic heterocycles. The van der Waals surface area contributed by atoms with E-state index in [1.807, 2.05) is 6.92 Å². The lowest BCUT2D eigenvalue weighted by molar-refractivity contribution is -0.145. The van der Waals surface area contributed by atoms with Gasteiger partial charge in [0.2, 0.25) is 10.0 Å². The van der Waals surface area contributed by atoms with Crippen molar-refractivity contribution < 1.29 is 22.3 Å². The van der Waals surface area contributed by atoms with Gasteiger partial charge in [-0.1, -0.05) is 30.7 Å². The van der Waals surface area contributed by atoms with Crippen molar-refractivity contribution in [3.05, 3.63) is 63.4 Å². The Balaban J connectivity index is 2.14. The second-order valence-electron chi connectivity index (χ2n) is 7.28. The number of hydrogen-bond donors (Lipinski definition) is 0. The quantitative estimate of drug-likeness (QED) is 0.676. The number of aryl methyl sites for hydroxylation is 1. The van der Waals surface area contributed by atoms with Crippen LogP contribution in [0.3, 0.4) is 0 Å². The fraction of sp³-hybridized carbons (Fsp3) is 0.381. The third-order valence-corrected chi connectivity index (χ3v) is 7.83. The fourth-order valence-electron chi connectivity index (χ4n) is 3.95. The molecule has 0 saturated heterocycles. The van der Waals surface area contributed by atoms with Crippen molar-refractivity contribution in [3.63, 3.8) is 0 Å². The Bertz CT molecular complexity index is 1070. The van der Waals surface area contributed by atoms with Crippen molar-refractivity contribution >= 4 is 27.6 Å². The number of fused-ring (bicyclic) bond motifs is 1. The monoisotopic (exact) mass is 439 g/mol. The van der Waals surface area contributed by atoms with Gasteiger partial charge in [-0.2, -0.15) is 4.31 Å². The minimum absolute atomic E-state index is 0.0683. The van der Waals surface area contributed by atoms with Crippen molar-refractivity contribution in [1.29, 1.82) is 0 Å². The van der Waals surface area contributed by atoms with E-state index in [2.05, 4.69) is 0 Å². The van der Waals surface area contributed by atoms with E-state index in [0.717, 1.165) is 9.87 Å². The zero-order valence-corrected chi connectivity index (χ0v) is 18.3. The lowest BCUT2D eigenvalue weighted by atomic mass is 9.87. The maximum atomic E-state index is 14.7. The highest BCUT2D eigenvalue weighted by atomic mass is 35.5. The number of rotatable bonds is 4. The van der Waals surface area contributed by atoms with E-state index in [4.69, 9.17) is 16.3 Å². The van der Waals surface area contributed by atoms with E-state index >= 15 is 0 Å². The van der Waals surface area contributed by atoms with Crippen LogP contribution in [-0.2, 0) is 26.0 Å². The van der Waals surface area contributed by atoms with Crippen LogP contribution in [0.15, 0.2) is 35.2 Å². The summed E-state index contributed by atoms with van der Waals surface area (Å²) in [5.41, 5.74) is 2.49. The molecule has 2 aromatic rings. The molecule has 0 bridgehead atoms. The Kier molecular flexibility index (Phi) is 6.03. The highest BCUT2D eigenvalue weighted by Gasteiger charge is 2.44. The lowest BCUT2D eigenvalue weighted by Crippen LogP contribution is -2.51. The Morgan fingerprint density at radius 2 is 1.93 bits per heavy atom. The topological polar surface area (TPSA) is 63.7 Å². The summed E-state index contributed by atoms with van der Waals surface area (Å²) in [6.07, 6.45) is 0.418. The molecule has 0 aromatic heterocycles. The molecule has 5 nitrogen and oxygen atoms in total. The molecule has 156 valence electrons. The molecule has 29 heavy (non-hydrogen) atoms. The summed E-state index contributed by atoms with van der Waals surface area (Å²) in [5.74, 6) is -1.96. The van der Waals surface area contributed by atoms with Gasteiger partial charge in [0.05, 0.1) is 12.0 Å². The summed E-state index contributed by atoms with van der Waals surface area (Å²) < 4.78 is 47.5. The third-order valence-electron chi connectivity index (χ3n) is 5.63. The predicted molar refractivity (Wildman–Crippen MR) is 109 cm³/mol. The van der Waals surface area contributed by atoms with E-state index in [9.17, 15) is 17.6 Å². The van der Waals surface area contributed by atoms with Gasteiger partial charge in [0.25, 0.3) is 0 Å². The standard InChI is InChI=1S/C21H23ClFNO4S/c1-12-5-8-17(23)19(13(12)2)14(3)20(21(25)28-4)24-10-9-15-6-7-16(22)11-18(15)29(24,26)27/h5-8,11,14,20H,9-10H2,1-4H3/t14?,20-/m0/s1. The van der Waals surface area contributed by atoms with Gasteiger partial charge in [-0.3, -0.25) is 4.79 Å². The van der Waals surface area contributed by atoms with Gasteiger partial charge < -0.3 is 4.74 Å². The van der Waals surface area contributed by atoms with Gasteiger partial charge in [-0.15, -0.1) is 0 Å². The minimum atomic E-state index is -4.02. The number of benzene rings is 2. The molecular formula is C21H23ClFNO4S. The average molecular weight is 440 g/mol. The first-order valence-electron chi connectivity index (χ1n) is 9.23. The first kappa shape index (κ1) is 21.7. The number of sulfonamides is 1. The highest BCUT2D eigenvalue weighted by Crippen LogP contribution is 2.36. The Morgan fingerprint density at radius 3 is 2.59 bits per heavy atom. The highest BCUT2D eigenvalue weighted by molar-refractivity contribution is 7.89. The summed E-state index contributed by atoms with van der Waals surface area (Å²) in [7, 11) is -2.83. The van der Waals surface area contributed by atoms with Gasteiger partial charge >= 0.3 is 5.97 Å². The molecule has 0 N–H and O–H groups in total. The molecule has 0 spiro atoms. The molecule has 3 rings (SSSR count). The number of nitrogens with zero attached hydrogens (tertiary/aromatic N) is 1. The number of carbonyl (C=O) groups excluding carboxylic acids is 1. The van der Waals surface area contributed by atoms with E-state index in [1.165, 1.54) is 19.2 Å². The second kappa shape index (κ2) is 8.05. The van der Waals surface area contributed by atoms with Gasteiger partial charge in [0.15, 0.2) is 0 Å². The lowest BCUT2D eigenvalue weighted by Gasteiger charge is -2.36. The number of esters is 1. The molecule has 0 aliphatic carbocycles. The molecule has 0 radical (unpaired) electrons. The maximum Gasteiger partial charge on any atom is 0.324 e. The van der Waals surface area contributed by atoms with E-state index in [-0.39, 0.29) is 16.5 Å². The number of halogens is 2. The van der Waals surface area contributed by atoms with Crippen LogP contribution in [0.2, 0.25) is 5.02 Å². The first-order chi connectivity index (χ1) is 13.6. The van der Waals surface area contributed by atoms with Crippen molar-refractivity contribution in [2.45, 2.75) is 44.0 Å². The zero-order chi connectivity index (χ0) is 21.5. The second-order valence-corrected chi connectivity index (χ2v) is 9.57. The summed E-state index contributed by atoms with van der Waals surface area (Å²) >= 11 is 6.01. The summed E-state index contributed by atoms with van der Waals surface area (Å²) in [4.78, 5) is 12.8. The van der Waals surface area contributed by atoms with E-state index < -0.39 is 33.8 Å². The molecule has 0 amide bonds. The predicted octanol–water partition coefficient (Wildman–Crippen LogP) is 3.99.